The van der Waals surface area contributed by atoms with Crippen LogP contribution in [0.1, 0.15) is 34.0 Å². The first-order valence-corrected chi connectivity index (χ1v) is 11.6. The van der Waals surface area contributed by atoms with Crippen molar-refractivity contribution in [1.82, 2.24) is 14.5 Å². The molecule has 0 unspecified atom stereocenters. The molecule has 2 heterocycles. The van der Waals surface area contributed by atoms with Crippen LogP contribution in [0.3, 0.4) is 0 Å². The van der Waals surface area contributed by atoms with Crippen LogP contribution in [0.2, 0.25) is 0 Å². The Hall–Kier alpha value is -3.77. The fraction of sp³-hybridized carbons (Fsp3) is 0.214. The molecule has 2 N–H and O–H groups in total. The molecule has 0 amide bonds. The van der Waals surface area contributed by atoms with Gasteiger partial charge in [0.25, 0.3) is 5.56 Å². The molecule has 4 aromatic rings. The summed E-state index contributed by atoms with van der Waals surface area (Å²) in [4.78, 5) is 20.7. The number of nitrogens with two attached hydrogens (primary N) is 1. The van der Waals surface area contributed by atoms with E-state index in [-0.39, 0.29) is 23.4 Å². The molecule has 0 saturated heterocycles. The van der Waals surface area contributed by atoms with E-state index in [0.717, 1.165) is 47.5 Å². The highest BCUT2D eigenvalue weighted by Gasteiger charge is 2.27. The van der Waals surface area contributed by atoms with Crippen LogP contribution in [-0.2, 0) is 19.4 Å². The first-order chi connectivity index (χ1) is 16.6. The zero-order valence-electron chi connectivity index (χ0n) is 18.9. The number of aromatic nitrogens is 2. The van der Waals surface area contributed by atoms with Crippen LogP contribution in [0, 0.1) is 5.82 Å². The minimum absolute atomic E-state index is 0.0709. The number of fused-ring (bicyclic) bond motifs is 1. The van der Waals surface area contributed by atoms with Crippen molar-refractivity contribution in [3.8, 4) is 0 Å². The molecule has 6 heteroatoms. The molecule has 0 atom stereocenters. The van der Waals surface area contributed by atoms with E-state index in [2.05, 4.69) is 4.90 Å². The molecule has 0 aliphatic carbocycles. The summed E-state index contributed by atoms with van der Waals surface area (Å²) in [5.74, 6) is -0.00208. The highest BCUT2D eigenvalue weighted by Crippen LogP contribution is 2.28. The molecule has 0 spiro atoms. The Morgan fingerprint density at radius 3 is 2.15 bits per heavy atom. The van der Waals surface area contributed by atoms with E-state index in [9.17, 15) is 9.18 Å². The van der Waals surface area contributed by atoms with Gasteiger partial charge in [0.05, 0.1) is 11.7 Å². The van der Waals surface area contributed by atoms with Crippen LogP contribution in [0.4, 0.5) is 10.3 Å². The van der Waals surface area contributed by atoms with Gasteiger partial charge in [-0.15, -0.1) is 0 Å². The maximum atomic E-state index is 13.7. The van der Waals surface area contributed by atoms with Crippen LogP contribution >= 0.6 is 0 Å². The highest BCUT2D eigenvalue weighted by atomic mass is 19.1. The number of anilines is 1. The van der Waals surface area contributed by atoms with Crippen LogP contribution in [0.25, 0.3) is 0 Å². The minimum Gasteiger partial charge on any atom is -0.369 e. The summed E-state index contributed by atoms with van der Waals surface area (Å²) in [5, 5.41) is 0. The molecule has 0 saturated carbocycles. The number of benzene rings is 3. The van der Waals surface area contributed by atoms with Crippen molar-refractivity contribution in [2.75, 3.05) is 18.8 Å². The summed E-state index contributed by atoms with van der Waals surface area (Å²) in [6.45, 7) is 2.17. The Bertz CT molecular complexity index is 1280. The van der Waals surface area contributed by atoms with Crippen molar-refractivity contribution in [1.29, 1.82) is 0 Å². The van der Waals surface area contributed by atoms with E-state index in [4.69, 9.17) is 10.7 Å². The number of halogens is 1. The summed E-state index contributed by atoms with van der Waals surface area (Å²) in [7, 11) is 0. The number of rotatable bonds is 6. The fourth-order valence-corrected chi connectivity index (χ4v) is 4.72. The van der Waals surface area contributed by atoms with Crippen molar-refractivity contribution >= 4 is 5.95 Å². The highest BCUT2D eigenvalue weighted by molar-refractivity contribution is 5.38. The molecule has 0 fully saturated rings. The topological polar surface area (TPSA) is 64.1 Å². The van der Waals surface area contributed by atoms with Crippen molar-refractivity contribution in [2.45, 2.75) is 25.4 Å². The zero-order valence-corrected chi connectivity index (χ0v) is 18.9. The third-order valence-electron chi connectivity index (χ3n) is 6.49. The normalized spacial score (nSPS) is 13.7. The quantitative estimate of drug-likeness (QED) is 0.474. The fourth-order valence-electron chi connectivity index (χ4n) is 4.72. The number of hydrogen-bond donors (Lipinski definition) is 1. The van der Waals surface area contributed by atoms with E-state index in [0.29, 0.717) is 13.0 Å². The number of nitrogen functional groups attached to an aromatic ring is 1. The van der Waals surface area contributed by atoms with Gasteiger partial charge in [-0.25, -0.2) is 9.37 Å². The smallest absolute Gasteiger partial charge is 0.259 e. The van der Waals surface area contributed by atoms with Gasteiger partial charge in [0, 0.05) is 25.2 Å². The second-order valence-corrected chi connectivity index (χ2v) is 8.70. The van der Waals surface area contributed by atoms with Crippen LogP contribution in [-0.4, -0.2) is 27.5 Å². The number of nitrogens with zero attached hydrogens (tertiary/aromatic N) is 3. The van der Waals surface area contributed by atoms with Crippen LogP contribution in [0.15, 0.2) is 89.7 Å². The van der Waals surface area contributed by atoms with Crippen molar-refractivity contribution in [3.05, 3.63) is 129 Å². The molecule has 5 nitrogen and oxygen atoms in total. The average molecular weight is 455 g/mol. The summed E-state index contributed by atoms with van der Waals surface area (Å²) in [5.41, 5.74) is 10.9. The predicted molar refractivity (Wildman–Crippen MR) is 132 cm³/mol. The predicted octanol–water partition coefficient (Wildman–Crippen LogP) is 4.20. The van der Waals surface area contributed by atoms with Crippen molar-refractivity contribution in [3.63, 3.8) is 0 Å². The SMILES string of the molecule is Nc1nc2c(c(=O)n1C(c1ccccc1)c1ccccc1)CCN(CCc1ccc(F)cc1)C2. The van der Waals surface area contributed by atoms with Gasteiger partial charge in [0.2, 0.25) is 5.95 Å². The van der Waals surface area contributed by atoms with E-state index >= 15 is 0 Å². The molecule has 1 aliphatic rings. The molecule has 0 bridgehead atoms. The van der Waals surface area contributed by atoms with Gasteiger partial charge < -0.3 is 5.73 Å². The average Bonchev–Trinajstić information content (AvgIpc) is 2.87. The largest absolute Gasteiger partial charge is 0.369 e. The van der Waals surface area contributed by atoms with Gasteiger partial charge in [0.15, 0.2) is 0 Å². The van der Waals surface area contributed by atoms with Gasteiger partial charge in [-0.2, -0.15) is 0 Å². The monoisotopic (exact) mass is 454 g/mol. The maximum absolute atomic E-state index is 13.7. The van der Waals surface area contributed by atoms with E-state index < -0.39 is 0 Å². The molecule has 172 valence electrons. The lowest BCUT2D eigenvalue weighted by Gasteiger charge is -2.30. The molecule has 5 rings (SSSR count). The maximum Gasteiger partial charge on any atom is 0.259 e. The summed E-state index contributed by atoms with van der Waals surface area (Å²) in [6, 6.07) is 26.1. The van der Waals surface area contributed by atoms with E-state index in [1.807, 2.05) is 72.8 Å². The minimum atomic E-state index is -0.343. The standard InChI is InChI=1S/C28H27FN4O/c29-23-13-11-20(12-14-23)15-17-32-18-16-24-25(19-32)31-28(30)33(27(24)34)26(21-7-3-1-4-8-21)22-9-5-2-6-10-22/h1-14,26H,15-19H2,(H2,30,31). The number of hydrogen-bond acceptors (Lipinski definition) is 4. The van der Waals surface area contributed by atoms with Gasteiger partial charge in [-0.3, -0.25) is 14.3 Å². The third kappa shape index (κ3) is 4.50. The molecule has 34 heavy (non-hydrogen) atoms. The molecule has 1 aromatic heterocycles. The Kier molecular flexibility index (Phi) is 6.23. The van der Waals surface area contributed by atoms with Crippen LogP contribution in [0.5, 0.6) is 0 Å². The Morgan fingerprint density at radius 2 is 1.53 bits per heavy atom. The lowest BCUT2D eigenvalue weighted by Crippen LogP contribution is -2.40. The molecule has 1 aliphatic heterocycles. The summed E-state index contributed by atoms with van der Waals surface area (Å²) >= 11 is 0. The summed E-state index contributed by atoms with van der Waals surface area (Å²) in [6.07, 6.45) is 1.44. The molecule has 3 aromatic carbocycles. The van der Waals surface area contributed by atoms with Crippen molar-refractivity contribution in [2.24, 2.45) is 0 Å². The summed E-state index contributed by atoms with van der Waals surface area (Å²) < 4.78 is 14.8. The second-order valence-electron chi connectivity index (χ2n) is 8.70. The Balaban J connectivity index is 1.45. The molecule has 0 radical (unpaired) electrons. The van der Waals surface area contributed by atoms with Gasteiger partial charge in [0.1, 0.15) is 5.82 Å². The van der Waals surface area contributed by atoms with E-state index in [1.54, 1.807) is 4.57 Å². The lowest BCUT2D eigenvalue weighted by molar-refractivity contribution is 0.251. The Labute approximate surface area is 198 Å². The molecular formula is C28H27FN4O. The van der Waals surface area contributed by atoms with Crippen molar-refractivity contribution < 1.29 is 4.39 Å². The first-order valence-electron chi connectivity index (χ1n) is 11.6. The van der Waals surface area contributed by atoms with Gasteiger partial charge in [-0.05, 0) is 41.7 Å². The van der Waals surface area contributed by atoms with Gasteiger partial charge in [-0.1, -0.05) is 72.8 Å². The second kappa shape index (κ2) is 9.61. The first kappa shape index (κ1) is 22.0. The van der Waals surface area contributed by atoms with Crippen LogP contribution < -0.4 is 11.3 Å². The van der Waals surface area contributed by atoms with E-state index in [1.165, 1.54) is 12.1 Å². The third-order valence-corrected chi connectivity index (χ3v) is 6.49. The lowest BCUT2D eigenvalue weighted by atomic mass is 9.97. The van der Waals surface area contributed by atoms with Gasteiger partial charge >= 0.3 is 0 Å². The zero-order chi connectivity index (χ0) is 23.5. The Morgan fingerprint density at radius 1 is 0.912 bits per heavy atom. The molecular weight excluding hydrogens is 427 g/mol.